The minimum atomic E-state index is -3.78. The van der Waals surface area contributed by atoms with Gasteiger partial charge < -0.3 is 0 Å². The maximum absolute atomic E-state index is 12.6. The lowest BCUT2D eigenvalue weighted by Crippen LogP contribution is -2.14. The standard InChI is InChI=1S/C16H12N6O2S/c23-25(24,14-6-5-12-3-1-2-4-13(12)7-14)21-15-8-16(19-10-18-15)22-11-17-9-20-22/h1-11H,(H,18,19,21). The van der Waals surface area contributed by atoms with Gasteiger partial charge in [0, 0.05) is 6.07 Å². The zero-order valence-corrected chi connectivity index (χ0v) is 13.6. The Kier molecular flexibility index (Phi) is 3.62. The molecular formula is C16H12N6O2S. The topological polar surface area (TPSA) is 103 Å². The van der Waals surface area contributed by atoms with Crippen molar-refractivity contribution in [2.75, 3.05) is 4.72 Å². The molecule has 124 valence electrons. The monoisotopic (exact) mass is 352 g/mol. The van der Waals surface area contributed by atoms with Gasteiger partial charge in [-0.15, -0.1) is 0 Å². The molecule has 1 N–H and O–H groups in total. The second-order valence-electron chi connectivity index (χ2n) is 5.22. The highest BCUT2D eigenvalue weighted by atomic mass is 32.2. The van der Waals surface area contributed by atoms with Crippen molar-refractivity contribution in [2.45, 2.75) is 4.90 Å². The van der Waals surface area contributed by atoms with Crippen LogP contribution >= 0.6 is 0 Å². The highest BCUT2D eigenvalue weighted by molar-refractivity contribution is 7.92. The Morgan fingerprint density at radius 2 is 1.76 bits per heavy atom. The van der Waals surface area contributed by atoms with Crippen molar-refractivity contribution in [3.05, 3.63) is 67.5 Å². The van der Waals surface area contributed by atoms with Crippen LogP contribution in [0.5, 0.6) is 0 Å². The van der Waals surface area contributed by atoms with Gasteiger partial charge in [0.2, 0.25) is 0 Å². The third-order valence-corrected chi connectivity index (χ3v) is 4.93. The summed E-state index contributed by atoms with van der Waals surface area (Å²) in [5.41, 5.74) is 0. The molecule has 0 aliphatic heterocycles. The van der Waals surface area contributed by atoms with Gasteiger partial charge in [0.15, 0.2) is 5.82 Å². The molecule has 0 bridgehead atoms. The van der Waals surface area contributed by atoms with Crippen LogP contribution in [-0.4, -0.2) is 33.2 Å². The molecule has 0 atom stereocenters. The van der Waals surface area contributed by atoms with Gasteiger partial charge in [-0.25, -0.2) is 28.1 Å². The van der Waals surface area contributed by atoms with E-state index >= 15 is 0 Å². The zero-order valence-electron chi connectivity index (χ0n) is 12.8. The first-order valence-electron chi connectivity index (χ1n) is 7.30. The highest BCUT2D eigenvalue weighted by Gasteiger charge is 2.16. The highest BCUT2D eigenvalue weighted by Crippen LogP contribution is 2.21. The zero-order chi connectivity index (χ0) is 17.3. The molecule has 0 spiro atoms. The van der Waals surface area contributed by atoms with Gasteiger partial charge >= 0.3 is 0 Å². The van der Waals surface area contributed by atoms with E-state index < -0.39 is 10.0 Å². The molecule has 8 nitrogen and oxygen atoms in total. The molecule has 0 unspecified atom stereocenters. The Balaban J connectivity index is 1.68. The fourth-order valence-electron chi connectivity index (χ4n) is 2.39. The molecule has 0 aliphatic carbocycles. The van der Waals surface area contributed by atoms with Crippen LogP contribution in [0.4, 0.5) is 5.82 Å². The van der Waals surface area contributed by atoms with Crippen LogP contribution in [-0.2, 0) is 10.0 Å². The SMILES string of the molecule is O=S(=O)(Nc1cc(-n2cncn2)ncn1)c1ccc2ccccc2c1. The van der Waals surface area contributed by atoms with Gasteiger partial charge in [0.05, 0.1) is 4.90 Å². The van der Waals surface area contributed by atoms with E-state index in [2.05, 4.69) is 24.8 Å². The van der Waals surface area contributed by atoms with Crippen molar-refractivity contribution < 1.29 is 8.42 Å². The van der Waals surface area contributed by atoms with Gasteiger partial charge in [-0.05, 0) is 22.9 Å². The molecule has 4 aromatic rings. The molecule has 2 aromatic carbocycles. The summed E-state index contributed by atoms with van der Waals surface area (Å²) >= 11 is 0. The summed E-state index contributed by atoms with van der Waals surface area (Å²) in [5, 5.41) is 5.77. The van der Waals surface area contributed by atoms with E-state index in [9.17, 15) is 8.42 Å². The second kappa shape index (κ2) is 5.95. The molecular weight excluding hydrogens is 340 g/mol. The number of rotatable bonds is 4. The fraction of sp³-hybridized carbons (Fsp3) is 0. The van der Waals surface area contributed by atoms with E-state index in [-0.39, 0.29) is 10.7 Å². The molecule has 0 amide bonds. The minimum absolute atomic E-state index is 0.147. The minimum Gasteiger partial charge on any atom is -0.263 e. The summed E-state index contributed by atoms with van der Waals surface area (Å²) in [6, 6.07) is 14.0. The summed E-state index contributed by atoms with van der Waals surface area (Å²) in [6.45, 7) is 0. The van der Waals surface area contributed by atoms with Crippen LogP contribution < -0.4 is 4.72 Å². The van der Waals surface area contributed by atoms with Crippen molar-refractivity contribution >= 4 is 26.6 Å². The number of nitrogens with one attached hydrogen (secondary N) is 1. The molecule has 0 saturated heterocycles. The molecule has 0 aliphatic rings. The predicted molar refractivity (Wildman–Crippen MR) is 91.7 cm³/mol. The van der Waals surface area contributed by atoms with E-state index in [1.807, 2.05) is 24.3 Å². The number of hydrogen-bond acceptors (Lipinski definition) is 6. The number of fused-ring (bicyclic) bond motifs is 1. The van der Waals surface area contributed by atoms with Gasteiger partial charge in [-0.1, -0.05) is 30.3 Å². The Morgan fingerprint density at radius 1 is 0.920 bits per heavy atom. The lowest BCUT2D eigenvalue weighted by atomic mass is 10.1. The van der Waals surface area contributed by atoms with Crippen LogP contribution in [0.15, 0.2) is 72.4 Å². The molecule has 4 rings (SSSR count). The molecule has 25 heavy (non-hydrogen) atoms. The molecule has 0 fully saturated rings. The van der Waals surface area contributed by atoms with E-state index in [1.54, 1.807) is 18.2 Å². The van der Waals surface area contributed by atoms with Crippen LogP contribution in [0, 0.1) is 0 Å². The maximum Gasteiger partial charge on any atom is 0.263 e. The quantitative estimate of drug-likeness (QED) is 0.603. The smallest absolute Gasteiger partial charge is 0.263 e. The molecule has 2 heterocycles. The fourth-order valence-corrected chi connectivity index (χ4v) is 3.42. The number of aromatic nitrogens is 5. The van der Waals surface area contributed by atoms with E-state index in [4.69, 9.17) is 0 Å². The van der Waals surface area contributed by atoms with Crippen molar-refractivity contribution in [1.29, 1.82) is 0 Å². The lowest BCUT2D eigenvalue weighted by molar-refractivity contribution is 0.601. The van der Waals surface area contributed by atoms with E-state index in [1.165, 1.54) is 29.7 Å². The van der Waals surface area contributed by atoms with Crippen molar-refractivity contribution in [1.82, 2.24) is 24.7 Å². The first-order chi connectivity index (χ1) is 12.1. The Bertz CT molecular complexity index is 1140. The van der Waals surface area contributed by atoms with Crippen LogP contribution in [0.2, 0.25) is 0 Å². The second-order valence-corrected chi connectivity index (χ2v) is 6.90. The number of nitrogens with zero attached hydrogens (tertiary/aromatic N) is 5. The van der Waals surface area contributed by atoms with Crippen LogP contribution in [0.3, 0.4) is 0 Å². The number of sulfonamides is 1. The lowest BCUT2D eigenvalue weighted by Gasteiger charge is -2.09. The van der Waals surface area contributed by atoms with Gasteiger partial charge in [-0.3, -0.25) is 4.72 Å². The van der Waals surface area contributed by atoms with Gasteiger partial charge in [0.25, 0.3) is 10.0 Å². The Morgan fingerprint density at radius 3 is 2.56 bits per heavy atom. The normalized spacial score (nSPS) is 11.5. The summed E-state index contributed by atoms with van der Waals surface area (Å²) < 4.78 is 29.1. The predicted octanol–water partition coefficient (Wildman–Crippen LogP) is 2.01. The Labute approximate surface area is 143 Å². The summed E-state index contributed by atoms with van der Waals surface area (Å²) in [5.74, 6) is 0.553. The summed E-state index contributed by atoms with van der Waals surface area (Å²) in [4.78, 5) is 12.0. The molecule has 0 radical (unpaired) electrons. The van der Waals surface area contributed by atoms with Crippen LogP contribution in [0.1, 0.15) is 0 Å². The average Bonchev–Trinajstić information content (AvgIpc) is 3.16. The van der Waals surface area contributed by atoms with Crippen molar-refractivity contribution in [2.24, 2.45) is 0 Å². The molecule has 9 heteroatoms. The summed E-state index contributed by atoms with van der Waals surface area (Å²) in [6.07, 6.45) is 4.08. The van der Waals surface area contributed by atoms with Crippen molar-refractivity contribution in [3.8, 4) is 5.82 Å². The number of anilines is 1. The third-order valence-electron chi connectivity index (χ3n) is 3.58. The molecule has 2 aromatic heterocycles. The number of benzene rings is 2. The Hall–Kier alpha value is -3.33. The number of hydrogen-bond donors (Lipinski definition) is 1. The summed E-state index contributed by atoms with van der Waals surface area (Å²) in [7, 11) is -3.78. The molecule has 0 saturated carbocycles. The van der Waals surface area contributed by atoms with E-state index in [0.29, 0.717) is 5.82 Å². The third kappa shape index (κ3) is 3.04. The first-order valence-corrected chi connectivity index (χ1v) is 8.79. The maximum atomic E-state index is 12.6. The van der Waals surface area contributed by atoms with Crippen LogP contribution in [0.25, 0.3) is 16.6 Å². The first kappa shape index (κ1) is 15.2. The van der Waals surface area contributed by atoms with E-state index in [0.717, 1.165) is 10.8 Å². The average molecular weight is 352 g/mol. The van der Waals surface area contributed by atoms with Crippen molar-refractivity contribution in [3.63, 3.8) is 0 Å². The largest absolute Gasteiger partial charge is 0.263 e. The van der Waals surface area contributed by atoms with Gasteiger partial charge in [-0.2, -0.15) is 5.10 Å². The van der Waals surface area contributed by atoms with Gasteiger partial charge in [0.1, 0.15) is 24.8 Å².